The molecule has 1 rings (SSSR count). The molecule has 5 heteroatoms. The van der Waals surface area contributed by atoms with Crippen LogP contribution in [0.4, 0.5) is 12.9 Å². The van der Waals surface area contributed by atoms with Crippen molar-refractivity contribution in [2.45, 2.75) is 6.32 Å². The maximum atomic E-state index is 12.0. The molecule has 72 valence electrons. The summed E-state index contributed by atoms with van der Waals surface area (Å²) < 4.78 is 40.8. The predicted octanol–water partition coefficient (Wildman–Crippen LogP) is 2.62. The molecule has 0 N–H and O–H groups in total. The molecular formula is C8H9BF3O-. The Morgan fingerprint density at radius 3 is 2.54 bits per heavy atom. The Morgan fingerprint density at radius 2 is 2.00 bits per heavy atom. The Bertz CT molecular complexity index is 285. The van der Waals surface area contributed by atoms with Gasteiger partial charge in [0.15, 0.2) is 0 Å². The molecule has 0 saturated carbocycles. The first-order valence-corrected chi connectivity index (χ1v) is 3.85. The van der Waals surface area contributed by atoms with Gasteiger partial charge in [-0.3, -0.25) is 0 Å². The van der Waals surface area contributed by atoms with Crippen LogP contribution in [0.1, 0.15) is 5.56 Å². The zero-order valence-electron chi connectivity index (χ0n) is 7.14. The first kappa shape index (κ1) is 9.96. The average Bonchev–Trinajstić information content (AvgIpc) is 2.01. The first-order valence-electron chi connectivity index (χ1n) is 3.85. The summed E-state index contributed by atoms with van der Waals surface area (Å²) in [5.74, 6) is 0.456. The van der Waals surface area contributed by atoms with Gasteiger partial charge in [-0.15, -0.1) is 0 Å². The number of halogens is 3. The molecule has 0 spiro atoms. The summed E-state index contributed by atoms with van der Waals surface area (Å²) in [5, 5.41) is 0. The fourth-order valence-electron chi connectivity index (χ4n) is 1.07. The van der Waals surface area contributed by atoms with Crippen LogP contribution in [-0.2, 0) is 6.32 Å². The molecule has 0 radical (unpaired) electrons. The van der Waals surface area contributed by atoms with Crippen molar-refractivity contribution >= 4 is 6.98 Å². The Kier molecular flexibility index (Phi) is 2.85. The lowest BCUT2D eigenvalue weighted by Gasteiger charge is -2.13. The van der Waals surface area contributed by atoms with Crippen molar-refractivity contribution in [2.75, 3.05) is 7.11 Å². The van der Waals surface area contributed by atoms with E-state index in [-0.39, 0.29) is 5.56 Å². The quantitative estimate of drug-likeness (QED) is 0.664. The van der Waals surface area contributed by atoms with Gasteiger partial charge in [0.25, 0.3) is 0 Å². The summed E-state index contributed by atoms with van der Waals surface area (Å²) in [6.07, 6.45) is -0.850. The van der Waals surface area contributed by atoms with Crippen LogP contribution in [0.15, 0.2) is 24.3 Å². The molecule has 0 amide bonds. The van der Waals surface area contributed by atoms with Crippen molar-refractivity contribution in [1.82, 2.24) is 0 Å². The summed E-state index contributed by atoms with van der Waals surface area (Å²) >= 11 is 0. The molecule has 0 fully saturated rings. The molecule has 0 aromatic heterocycles. The van der Waals surface area contributed by atoms with Gasteiger partial charge >= 0.3 is 6.98 Å². The lowest BCUT2D eigenvalue weighted by Crippen LogP contribution is -2.19. The van der Waals surface area contributed by atoms with Gasteiger partial charge in [0.2, 0.25) is 0 Å². The molecule has 13 heavy (non-hydrogen) atoms. The second kappa shape index (κ2) is 3.72. The maximum Gasteiger partial charge on any atom is 0.482 e. The third kappa shape index (κ3) is 3.40. The summed E-state index contributed by atoms with van der Waals surface area (Å²) in [5.41, 5.74) is 0.242. The van der Waals surface area contributed by atoms with Crippen molar-refractivity contribution in [3.8, 4) is 5.75 Å². The van der Waals surface area contributed by atoms with Gasteiger partial charge in [-0.25, -0.2) is 0 Å². The number of methoxy groups -OCH3 is 1. The molecule has 0 heterocycles. The molecule has 0 bridgehead atoms. The zero-order valence-corrected chi connectivity index (χ0v) is 7.14. The SMILES string of the molecule is COc1cccc(C[B-](F)(F)F)c1. The minimum atomic E-state index is -4.76. The standard InChI is InChI=1S/C8H9BF3O/c1-13-8-4-2-3-7(5-8)6-9(10,11)12/h2-5H,6H2,1H3/q-1. The molecule has 0 saturated heterocycles. The van der Waals surface area contributed by atoms with Crippen LogP contribution in [0, 0.1) is 0 Å². The van der Waals surface area contributed by atoms with Gasteiger partial charge < -0.3 is 17.7 Å². The fourth-order valence-corrected chi connectivity index (χ4v) is 1.07. The van der Waals surface area contributed by atoms with Crippen molar-refractivity contribution in [3.63, 3.8) is 0 Å². The molecule has 0 aliphatic rings. The summed E-state index contributed by atoms with van der Waals surface area (Å²) in [7, 11) is 1.43. The van der Waals surface area contributed by atoms with Crippen LogP contribution in [0.25, 0.3) is 0 Å². The highest BCUT2D eigenvalue weighted by Gasteiger charge is 2.22. The van der Waals surface area contributed by atoms with Crippen molar-refractivity contribution in [3.05, 3.63) is 29.8 Å². The van der Waals surface area contributed by atoms with Crippen LogP contribution in [0.2, 0.25) is 0 Å². The second-order valence-corrected chi connectivity index (χ2v) is 2.77. The number of hydrogen-bond donors (Lipinski definition) is 0. The van der Waals surface area contributed by atoms with E-state index in [0.29, 0.717) is 5.75 Å². The molecule has 0 unspecified atom stereocenters. The number of rotatable bonds is 3. The Morgan fingerprint density at radius 1 is 1.31 bits per heavy atom. The molecule has 1 aromatic carbocycles. The Labute approximate surface area is 74.6 Å². The van der Waals surface area contributed by atoms with E-state index in [1.54, 1.807) is 12.1 Å². The van der Waals surface area contributed by atoms with E-state index in [1.165, 1.54) is 19.2 Å². The maximum absolute atomic E-state index is 12.0. The van der Waals surface area contributed by atoms with Crippen LogP contribution in [0.5, 0.6) is 5.75 Å². The fraction of sp³-hybridized carbons (Fsp3) is 0.250. The van der Waals surface area contributed by atoms with Gasteiger partial charge in [-0.05, 0) is 12.1 Å². The predicted molar refractivity (Wildman–Crippen MR) is 45.8 cm³/mol. The molecule has 1 nitrogen and oxygen atoms in total. The van der Waals surface area contributed by atoms with Crippen molar-refractivity contribution < 1.29 is 17.7 Å². The van der Waals surface area contributed by atoms with Gasteiger partial charge in [0, 0.05) is 0 Å². The smallest absolute Gasteiger partial charge is 0.482 e. The van der Waals surface area contributed by atoms with Crippen LogP contribution < -0.4 is 4.74 Å². The number of benzene rings is 1. The second-order valence-electron chi connectivity index (χ2n) is 2.77. The average molecular weight is 189 g/mol. The van der Waals surface area contributed by atoms with E-state index in [0.717, 1.165) is 0 Å². The normalized spacial score (nSPS) is 11.4. The van der Waals surface area contributed by atoms with E-state index >= 15 is 0 Å². The van der Waals surface area contributed by atoms with E-state index in [2.05, 4.69) is 0 Å². The third-order valence-corrected chi connectivity index (χ3v) is 1.60. The first-order chi connectivity index (χ1) is 6.01. The van der Waals surface area contributed by atoms with Gasteiger partial charge in [0.1, 0.15) is 5.75 Å². The zero-order chi connectivity index (χ0) is 9.90. The lowest BCUT2D eigenvalue weighted by molar-refractivity contribution is 0.414. The van der Waals surface area contributed by atoms with E-state index in [4.69, 9.17) is 4.74 Å². The molecule has 0 aliphatic carbocycles. The molecule has 0 aliphatic heterocycles. The van der Waals surface area contributed by atoms with Crippen LogP contribution in [0.3, 0.4) is 0 Å². The van der Waals surface area contributed by atoms with Crippen LogP contribution in [-0.4, -0.2) is 14.1 Å². The van der Waals surface area contributed by atoms with E-state index in [1.807, 2.05) is 0 Å². The Hall–Kier alpha value is -1.13. The van der Waals surface area contributed by atoms with Gasteiger partial charge in [-0.1, -0.05) is 24.0 Å². The Balaban J connectivity index is 2.78. The molecule has 0 atom stereocenters. The minimum absolute atomic E-state index is 0.242. The molecular weight excluding hydrogens is 180 g/mol. The minimum Gasteiger partial charge on any atom is -0.497 e. The highest BCUT2D eigenvalue weighted by molar-refractivity contribution is 6.57. The largest absolute Gasteiger partial charge is 0.497 e. The number of ether oxygens (including phenoxy) is 1. The highest BCUT2D eigenvalue weighted by atomic mass is 19.4. The van der Waals surface area contributed by atoms with Crippen LogP contribution >= 0.6 is 0 Å². The van der Waals surface area contributed by atoms with E-state index < -0.39 is 13.3 Å². The topological polar surface area (TPSA) is 9.23 Å². The monoisotopic (exact) mass is 189 g/mol. The number of hydrogen-bond acceptors (Lipinski definition) is 1. The summed E-state index contributed by atoms with van der Waals surface area (Å²) in [6, 6.07) is 6.01. The van der Waals surface area contributed by atoms with Crippen molar-refractivity contribution in [1.29, 1.82) is 0 Å². The summed E-state index contributed by atoms with van der Waals surface area (Å²) in [4.78, 5) is 0. The molecule has 1 aromatic rings. The summed E-state index contributed by atoms with van der Waals surface area (Å²) in [6.45, 7) is -4.76. The van der Waals surface area contributed by atoms with Gasteiger partial charge in [0.05, 0.1) is 7.11 Å². The third-order valence-electron chi connectivity index (χ3n) is 1.60. The lowest BCUT2D eigenvalue weighted by atomic mass is 9.82. The van der Waals surface area contributed by atoms with Gasteiger partial charge in [-0.2, -0.15) is 0 Å². The van der Waals surface area contributed by atoms with E-state index in [9.17, 15) is 12.9 Å². The highest BCUT2D eigenvalue weighted by Crippen LogP contribution is 2.19. The van der Waals surface area contributed by atoms with Crippen molar-refractivity contribution in [2.24, 2.45) is 0 Å².